The van der Waals surface area contributed by atoms with Crippen LogP contribution in [0.2, 0.25) is 0 Å². The first kappa shape index (κ1) is 20.1. The highest BCUT2D eigenvalue weighted by Gasteiger charge is 2.10. The molecule has 0 aliphatic carbocycles. The Labute approximate surface area is 158 Å². The highest BCUT2D eigenvalue weighted by molar-refractivity contribution is 5.95. The summed E-state index contributed by atoms with van der Waals surface area (Å²) in [6, 6.07) is 10.1. The van der Waals surface area contributed by atoms with Gasteiger partial charge in [-0.3, -0.25) is 9.59 Å². The summed E-state index contributed by atoms with van der Waals surface area (Å²) in [5.41, 5.74) is 7.39. The average Bonchev–Trinajstić information content (AvgIpc) is 2.66. The van der Waals surface area contributed by atoms with Crippen molar-refractivity contribution in [2.24, 2.45) is 0 Å². The van der Waals surface area contributed by atoms with Crippen LogP contribution in [0.15, 0.2) is 36.4 Å². The van der Waals surface area contributed by atoms with E-state index in [-0.39, 0.29) is 18.1 Å². The van der Waals surface area contributed by atoms with Gasteiger partial charge in [-0.05, 0) is 43.7 Å². The lowest BCUT2D eigenvalue weighted by molar-refractivity contribution is -0.116. The molecule has 7 nitrogen and oxygen atoms in total. The Bertz CT molecular complexity index is 820. The van der Waals surface area contributed by atoms with Crippen molar-refractivity contribution in [3.8, 4) is 17.2 Å². The second kappa shape index (κ2) is 9.47. The van der Waals surface area contributed by atoms with Gasteiger partial charge in [-0.25, -0.2) is 0 Å². The van der Waals surface area contributed by atoms with Crippen LogP contribution in [0.3, 0.4) is 0 Å². The fourth-order valence-electron chi connectivity index (χ4n) is 2.40. The number of benzene rings is 2. The van der Waals surface area contributed by atoms with Crippen molar-refractivity contribution < 1.29 is 23.8 Å². The monoisotopic (exact) mass is 372 g/mol. The molecule has 0 fully saturated rings. The van der Waals surface area contributed by atoms with Crippen LogP contribution in [-0.2, 0) is 4.79 Å². The SMILES string of the molecule is COc1ccc(N)c(NC(=O)CCCOc2ccc(C(C)=O)cc2OC)c1. The van der Waals surface area contributed by atoms with E-state index in [2.05, 4.69) is 5.32 Å². The molecule has 0 heterocycles. The van der Waals surface area contributed by atoms with Crippen molar-refractivity contribution in [3.05, 3.63) is 42.0 Å². The molecular formula is C20H24N2O5. The van der Waals surface area contributed by atoms with Crippen molar-refractivity contribution in [2.45, 2.75) is 19.8 Å². The van der Waals surface area contributed by atoms with Crippen LogP contribution in [0, 0.1) is 0 Å². The van der Waals surface area contributed by atoms with E-state index in [1.165, 1.54) is 14.0 Å². The van der Waals surface area contributed by atoms with E-state index >= 15 is 0 Å². The molecule has 1 amide bonds. The van der Waals surface area contributed by atoms with Gasteiger partial charge in [0.05, 0.1) is 32.2 Å². The Morgan fingerprint density at radius 2 is 1.81 bits per heavy atom. The second-order valence-electron chi connectivity index (χ2n) is 5.88. The third kappa shape index (κ3) is 5.64. The topological polar surface area (TPSA) is 99.9 Å². The minimum absolute atomic E-state index is 0.0478. The second-order valence-corrected chi connectivity index (χ2v) is 5.88. The maximum atomic E-state index is 12.1. The Morgan fingerprint density at radius 1 is 1.04 bits per heavy atom. The third-order valence-electron chi connectivity index (χ3n) is 3.91. The number of methoxy groups -OCH3 is 2. The lowest BCUT2D eigenvalue weighted by atomic mass is 10.1. The van der Waals surface area contributed by atoms with Crippen LogP contribution in [-0.4, -0.2) is 32.5 Å². The molecule has 0 bridgehead atoms. The molecular weight excluding hydrogens is 348 g/mol. The van der Waals surface area contributed by atoms with E-state index in [9.17, 15) is 9.59 Å². The van der Waals surface area contributed by atoms with Crippen molar-refractivity contribution in [3.63, 3.8) is 0 Å². The van der Waals surface area contributed by atoms with Gasteiger partial charge in [-0.1, -0.05) is 0 Å². The summed E-state index contributed by atoms with van der Waals surface area (Å²) < 4.78 is 16.0. The Kier molecular flexibility index (Phi) is 7.05. The van der Waals surface area contributed by atoms with E-state index in [4.69, 9.17) is 19.9 Å². The van der Waals surface area contributed by atoms with Crippen LogP contribution >= 0.6 is 0 Å². The number of Topliss-reactive ketones (excluding diaryl/α,β-unsaturated/α-hetero) is 1. The summed E-state index contributed by atoms with van der Waals surface area (Å²) in [7, 11) is 3.06. The van der Waals surface area contributed by atoms with Crippen LogP contribution in [0.5, 0.6) is 17.2 Å². The van der Waals surface area contributed by atoms with Gasteiger partial charge >= 0.3 is 0 Å². The van der Waals surface area contributed by atoms with Crippen LogP contribution < -0.4 is 25.3 Å². The molecule has 0 aliphatic heterocycles. The summed E-state index contributed by atoms with van der Waals surface area (Å²) >= 11 is 0. The number of ether oxygens (including phenoxy) is 3. The predicted octanol–water partition coefficient (Wildman–Crippen LogP) is 3.29. The van der Waals surface area contributed by atoms with Gasteiger partial charge in [0, 0.05) is 18.1 Å². The molecule has 0 spiro atoms. The maximum absolute atomic E-state index is 12.1. The van der Waals surface area contributed by atoms with E-state index in [0.29, 0.717) is 47.2 Å². The molecule has 0 aliphatic rings. The molecule has 2 aromatic carbocycles. The summed E-state index contributed by atoms with van der Waals surface area (Å²) in [4.78, 5) is 23.5. The number of carbonyl (C=O) groups is 2. The number of nitrogen functional groups attached to an aromatic ring is 1. The van der Waals surface area contributed by atoms with E-state index in [0.717, 1.165) is 0 Å². The van der Waals surface area contributed by atoms with Crippen molar-refractivity contribution in [1.29, 1.82) is 0 Å². The van der Waals surface area contributed by atoms with Gasteiger partial charge in [0.25, 0.3) is 0 Å². The van der Waals surface area contributed by atoms with Crippen molar-refractivity contribution >= 4 is 23.1 Å². The maximum Gasteiger partial charge on any atom is 0.224 e. The minimum Gasteiger partial charge on any atom is -0.497 e. The fourth-order valence-corrected chi connectivity index (χ4v) is 2.40. The zero-order valence-electron chi connectivity index (χ0n) is 15.7. The van der Waals surface area contributed by atoms with Crippen molar-refractivity contribution in [2.75, 3.05) is 31.9 Å². The number of nitrogens with two attached hydrogens (primary N) is 1. The molecule has 0 saturated carbocycles. The van der Waals surface area contributed by atoms with Gasteiger partial charge in [0.15, 0.2) is 17.3 Å². The number of carbonyl (C=O) groups excluding carboxylic acids is 2. The Hall–Kier alpha value is -3.22. The molecule has 0 aromatic heterocycles. The molecule has 0 unspecified atom stereocenters. The zero-order valence-corrected chi connectivity index (χ0v) is 15.7. The number of rotatable bonds is 9. The Morgan fingerprint density at radius 3 is 2.48 bits per heavy atom. The molecule has 0 radical (unpaired) electrons. The number of amides is 1. The predicted molar refractivity (Wildman–Crippen MR) is 104 cm³/mol. The lowest BCUT2D eigenvalue weighted by Crippen LogP contribution is -2.14. The number of hydrogen-bond donors (Lipinski definition) is 2. The first-order chi connectivity index (χ1) is 12.9. The first-order valence-electron chi connectivity index (χ1n) is 8.49. The zero-order chi connectivity index (χ0) is 19.8. The van der Waals surface area contributed by atoms with Gasteiger partial charge in [-0.2, -0.15) is 0 Å². The fraction of sp³-hybridized carbons (Fsp3) is 0.300. The molecule has 27 heavy (non-hydrogen) atoms. The quantitative estimate of drug-likeness (QED) is 0.398. The third-order valence-corrected chi connectivity index (χ3v) is 3.91. The smallest absolute Gasteiger partial charge is 0.224 e. The average molecular weight is 372 g/mol. The van der Waals surface area contributed by atoms with Crippen LogP contribution in [0.25, 0.3) is 0 Å². The van der Waals surface area contributed by atoms with Crippen molar-refractivity contribution in [1.82, 2.24) is 0 Å². The summed E-state index contributed by atoms with van der Waals surface area (Å²) in [6.07, 6.45) is 0.776. The van der Waals surface area contributed by atoms with Gasteiger partial charge in [-0.15, -0.1) is 0 Å². The first-order valence-corrected chi connectivity index (χ1v) is 8.49. The largest absolute Gasteiger partial charge is 0.497 e. The summed E-state index contributed by atoms with van der Waals surface area (Å²) in [5.74, 6) is 1.41. The number of ketones is 1. The molecule has 2 rings (SSSR count). The molecule has 3 N–H and O–H groups in total. The minimum atomic E-state index is -0.169. The van der Waals surface area contributed by atoms with Crippen LogP contribution in [0.1, 0.15) is 30.1 Å². The van der Waals surface area contributed by atoms with Gasteiger partial charge in [0.1, 0.15) is 5.75 Å². The summed E-state index contributed by atoms with van der Waals surface area (Å²) in [5, 5.41) is 2.76. The Balaban J connectivity index is 1.85. The molecule has 0 saturated heterocycles. The number of hydrogen-bond acceptors (Lipinski definition) is 6. The summed E-state index contributed by atoms with van der Waals surface area (Å²) in [6.45, 7) is 1.82. The van der Waals surface area contributed by atoms with E-state index in [1.54, 1.807) is 43.5 Å². The van der Waals surface area contributed by atoms with Crippen LogP contribution in [0.4, 0.5) is 11.4 Å². The molecule has 2 aromatic rings. The molecule has 0 atom stereocenters. The lowest BCUT2D eigenvalue weighted by Gasteiger charge is -2.12. The van der Waals surface area contributed by atoms with E-state index < -0.39 is 0 Å². The van der Waals surface area contributed by atoms with E-state index in [1.807, 2.05) is 0 Å². The molecule has 7 heteroatoms. The highest BCUT2D eigenvalue weighted by Crippen LogP contribution is 2.28. The highest BCUT2D eigenvalue weighted by atomic mass is 16.5. The normalized spacial score (nSPS) is 10.2. The molecule has 144 valence electrons. The standard InChI is InChI=1S/C20H24N2O5/c1-13(23)14-6-9-18(19(11-14)26-3)27-10-4-5-20(24)22-17-12-15(25-2)7-8-16(17)21/h6-9,11-12H,4-5,10,21H2,1-3H3,(H,22,24). The number of nitrogens with one attached hydrogen (secondary N) is 1. The number of anilines is 2. The van der Waals surface area contributed by atoms with Gasteiger partial charge in [0.2, 0.25) is 5.91 Å². The van der Waals surface area contributed by atoms with Gasteiger partial charge < -0.3 is 25.3 Å².